The van der Waals surface area contributed by atoms with Gasteiger partial charge in [-0.1, -0.05) is 40.2 Å². The Morgan fingerprint density at radius 2 is 1.81 bits per heavy atom. The highest BCUT2D eigenvalue weighted by molar-refractivity contribution is 9.08. The Morgan fingerprint density at radius 1 is 1.31 bits per heavy atom. The third-order valence-corrected chi connectivity index (χ3v) is 3.37. The molecule has 1 heterocycles. The lowest BCUT2D eigenvalue weighted by atomic mass is 10.0. The molecule has 0 aliphatic carbocycles. The molecular weight excluding hydrogens is 285 g/mol. The zero-order chi connectivity index (χ0) is 12.0. The van der Waals surface area contributed by atoms with Gasteiger partial charge in [0, 0.05) is 12.4 Å². The van der Waals surface area contributed by atoms with Crippen LogP contribution >= 0.6 is 15.9 Å². The predicted octanol–water partition coefficient (Wildman–Crippen LogP) is 2.75. The molecule has 2 unspecified atom stereocenters. The molecule has 0 spiro atoms. The van der Waals surface area contributed by atoms with Crippen LogP contribution in [-0.2, 0) is 11.0 Å². The number of halogens is 4. The van der Waals surface area contributed by atoms with Crippen molar-refractivity contribution in [2.45, 2.75) is 17.2 Å². The molecule has 6 heteroatoms. The van der Waals surface area contributed by atoms with Gasteiger partial charge in [0.05, 0.1) is 0 Å². The summed E-state index contributed by atoms with van der Waals surface area (Å²) in [5.74, 6) is 0. The number of nitrogens with zero attached hydrogens (tertiary/aromatic N) is 1. The minimum Gasteiger partial charge on any atom is -0.220 e. The first-order valence-electron chi connectivity index (χ1n) is 4.65. The Labute approximate surface area is 99.5 Å². The molecule has 1 N–H and O–H groups in total. The molecule has 1 aromatic carbocycles. The molecule has 1 fully saturated rings. The van der Waals surface area contributed by atoms with E-state index in [0.717, 1.165) is 10.6 Å². The van der Waals surface area contributed by atoms with Crippen molar-refractivity contribution < 1.29 is 13.2 Å². The number of hydrazine groups is 1. The van der Waals surface area contributed by atoms with Gasteiger partial charge < -0.3 is 0 Å². The van der Waals surface area contributed by atoms with Crippen molar-refractivity contribution in [1.29, 1.82) is 0 Å². The standard InChI is InChI=1S/C10H10BrF3N2/c1-16-9(15-16,10(12,13)14)8-4-2-7(6-11)3-5-8/h2-5,15H,6H2,1H3. The molecule has 1 saturated heterocycles. The number of alkyl halides is 4. The van der Waals surface area contributed by atoms with Crippen LogP contribution in [0.2, 0.25) is 0 Å². The Hall–Kier alpha value is -0.590. The van der Waals surface area contributed by atoms with E-state index < -0.39 is 11.8 Å². The van der Waals surface area contributed by atoms with Crippen molar-refractivity contribution in [3.05, 3.63) is 35.4 Å². The van der Waals surface area contributed by atoms with Crippen molar-refractivity contribution in [3.8, 4) is 0 Å². The molecule has 0 saturated carbocycles. The zero-order valence-electron chi connectivity index (χ0n) is 8.48. The maximum Gasteiger partial charge on any atom is 0.426 e. The average molecular weight is 295 g/mol. The Balaban J connectivity index is 2.36. The molecule has 0 bridgehead atoms. The van der Waals surface area contributed by atoms with Crippen LogP contribution in [0.4, 0.5) is 13.2 Å². The van der Waals surface area contributed by atoms with E-state index in [9.17, 15) is 13.2 Å². The van der Waals surface area contributed by atoms with Gasteiger partial charge in [0.25, 0.3) is 0 Å². The normalized spacial score (nSPS) is 29.2. The minimum absolute atomic E-state index is 0.215. The summed E-state index contributed by atoms with van der Waals surface area (Å²) in [7, 11) is 1.38. The van der Waals surface area contributed by atoms with E-state index in [1.54, 1.807) is 12.1 Å². The maximum atomic E-state index is 12.9. The van der Waals surface area contributed by atoms with Crippen LogP contribution in [0, 0.1) is 0 Å². The molecule has 16 heavy (non-hydrogen) atoms. The molecule has 1 aromatic rings. The molecular formula is C10H10BrF3N2. The van der Waals surface area contributed by atoms with E-state index in [1.807, 2.05) is 0 Å². The van der Waals surface area contributed by atoms with Gasteiger partial charge in [-0.2, -0.15) is 13.2 Å². The minimum atomic E-state index is -4.32. The summed E-state index contributed by atoms with van der Waals surface area (Å²) in [6.45, 7) is 0. The van der Waals surface area contributed by atoms with Crippen molar-refractivity contribution in [2.24, 2.45) is 0 Å². The van der Waals surface area contributed by atoms with Gasteiger partial charge in [-0.25, -0.2) is 10.4 Å². The van der Waals surface area contributed by atoms with Crippen molar-refractivity contribution in [2.75, 3.05) is 7.05 Å². The van der Waals surface area contributed by atoms with Gasteiger partial charge in [0.2, 0.25) is 5.66 Å². The molecule has 2 nitrogen and oxygen atoms in total. The molecule has 0 amide bonds. The summed E-state index contributed by atoms with van der Waals surface area (Å²) in [6.07, 6.45) is -4.32. The summed E-state index contributed by atoms with van der Waals surface area (Å²) in [5, 5.41) is 1.70. The highest BCUT2D eigenvalue weighted by Gasteiger charge is 2.69. The van der Waals surface area contributed by atoms with Crippen LogP contribution in [-0.4, -0.2) is 18.2 Å². The Kier molecular flexibility index (Phi) is 2.76. The fraction of sp³-hybridized carbons (Fsp3) is 0.400. The third kappa shape index (κ3) is 1.65. The van der Waals surface area contributed by atoms with Crippen molar-refractivity contribution in [1.82, 2.24) is 10.4 Å². The quantitative estimate of drug-likeness (QED) is 0.670. The van der Waals surface area contributed by atoms with E-state index in [4.69, 9.17) is 0 Å². The van der Waals surface area contributed by atoms with E-state index in [-0.39, 0.29) is 5.56 Å². The molecule has 2 rings (SSSR count). The smallest absolute Gasteiger partial charge is 0.220 e. The summed E-state index contributed by atoms with van der Waals surface area (Å²) < 4.78 is 38.7. The van der Waals surface area contributed by atoms with E-state index in [2.05, 4.69) is 21.4 Å². The number of benzene rings is 1. The Morgan fingerprint density at radius 3 is 2.12 bits per heavy atom. The van der Waals surface area contributed by atoms with Gasteiger partial charge >= 0.3 is 6.18 Å². The number of rotatable bonds is 2. The zero-order valence-corrected chi connectivity index (χ0v) is 10.1. The average Bonchev–Trinajstić information content (AvgIpc) is 2.91. The molecule has 0 aromatic heterocycles. The molecule has 1 aliphatic heterocycles. The van der Waals surface area contributed by atoms with E-state index in [0.29, 0.717) is 5.33 Å². The van der Waals surface area contributed by atoms with Crippen LogP contribution in [0.3, 0.4) is 0 Å². The highest BCUT2D eigenvalue weighted by Crippen LogP contribution is 2.48. The van der Waals surface area contributed by atoms with Gasteiger partial charge in [-0.3, -0.25) is 0 Å². The van der Waals surface area contributed by atoms with E-state index in [1.165, 1.54) is 19.2 Å². The van der Waals surface area contributed by atoms with Gasteiger partial charge in [-0.05, 0) is 11.1 Å². The second-order valence-electron chi connectivity index (χ2n) is 3.71. The lowest BCUT2D eigenvalue weighted by Crippen LogP contribution is -2.35. The summed E-state index contributed by atoms with van der Waals surface area (Å²) >= 11 is 3.25. The van der Waals surface area contributed by atoms with Crippen LogP contribution in [0.5, 0.6) is 0 Å². The van der Waals surface area contributed by atoms with Crippen LogP contribution in [0.25, 0.3) is 0 Å². The third-order valence-electron chi connectivity index (χ3n) is 2.72. The second kappa shape index (κ2) is 3.72. The lowest BCUT2D eigenvalue weighted by molar-refractivity contribution is -0.174. The topological polar surface area (TPSA) is 25.0 Å². The molecule has 1 aliphatic rings. The monoisotopic (exact) mass is 294 g/mol. The van der Waals surface area contributed by atoms with Gasteiger partial charge in [0.15, 0.2) is 0 Å². The highest BCUT2D eigenvalue weighted by atomic mass is 79.9. The number of hydrogen-bond donors (Lipinski definition) is 1. The lowest BCUT2D eigenvalue weighted by Gasteiger charge is -2.18. The van der Waals surface area contributed by atoms with Gasteiger partial charge in [0.1, 0.15) is 0 Å². The Bertz CT molecular complexity index is 390. The van der Waals surface area contributed by atoms with Crippen molar-refractivity contribution in [3.63, 3.8) is 0 Å². The first kappa shape index (κ1) is 11.9. The molecule has 2 atom stereocenters. The van der Waals surface area contributed by atoms with Crippen molar-refractivity contribution >= 4 is 15.9 Å². The van der Waals surface area contributed by atoms with Crippen LogP contribution in [0.1, 0.15) is 11.1 Å². The largest absolute Gasteiger partial charge is 0.426 e. The van der Waals surface area contributed by atoms with E-state index >= 15 is 0 Å². The summed E-state index contributed by atoms with van der Waals surface area (Å²) in [5.41, 5.74) is 1.50. The van der Waals surface area contributed by atoms with Crippen LogP contribution in [0.15, 0.2) is 24.3 Å². The fourth-order valence-electron chi connectivity index (χ4n) is 1.73. The number of nitrogens with one attached hydrogen (secondary N) is 1. The molecule has 88 valence electrons. The maximum absolute atomic E-state index is 12.9. The summed E-state index contributed by atoms with van der Waals surface area (Å²) in [4.78, 5) is 0. The van der Waals surface area contributed by atoms with Gasteiger partial charge in [-0.15, -0.1) is 0 Å². The second-order valence-corrected chi connectivity index (χ2v) is 4.27. The molecule has 0 radical (unpaired) electrons. The predicted molar refractivity (Wildman–Crippen MR) is 57.7 cm³/mol. The number of hydrogen-bond acceptors (Lipinski definition) is 2. The van der Waals surface area contributed by atoms with Crippen LogP contribution < -0.4 is 5.43 Å². The SMILES string of the molecule is CN1NC1(c1ccc(CBr)cc1)C(F)(F)F. The summed E-state index contributed by atoms with van der Waals surface area (Å²) in [6, 6.07) is 6.37. The first-order chi connectivity index (χ1) is 7.41. The first-order valence-corrected chi connectivity index (χ1v) is 5.78. The fourth-order valence-corrected chi connectivity index (χ4v) is 2.10.